The SMILES string of the molecule is CC1CN(Cc2cnc(Cl)cn2)CCC1O. The van der Waals surface area contributed by atoms with E-state index in [1.807, 2.05) is 0 Å². The van der Waals surface area contributed by atoms with E-state index >= 15 is 0 Å². The molecule has 0 spiro atoms. The van der Waals surface area contributed by atoms with Crippen molar-refractivity contribution >= 4 is 11.6 Å². The van der Waals surface area contributed by atoms with Crippen LogP contribution in [0.2, 0.25) is 5.15 Å². The van der Waals surface area contributed by atoms with Crippen LogP contribution in [0, 0.1) is 5.92 Å². The Morgan fingerprint density at radius 3 is 2.94 bits per heavy atom. The highest BCUT2D eigenvalue weighted by Gasteiger charge is 2.24. The first-order chi connectivity index (χ1) is 7.65. The van der Waals surface area contributed by atoms with Crippen LogP contribution in [-0.4, -0.2) is 39.2 Å². The molecule has 1 aromatic rings. The molecule has 1 fully saturated rings. The summed E-state index contributed by atoms with van der Waals surface area (Å²) in [6, 6.07) is 0. The third-order valence-electron chi connectivity index (χ3n) is 3.00. The number of likely N-dealkylation sites (tertiary alicyclic amines) is 1. The van der Waals surface area contributed by atoms with Gasteiger partial charge in [0.25, 0.3) is 0 Å². The Labute approximate surface area is 100 Å². The molecule has 4 nitrogen and oxygen atoms in total. The van der Waals surface area contributed by atoms with Crippen LogP contribution in [0.15, 0.2) is 12.4 Å². The fourth-order valence-electron chi connectivity index (χ4n) is 2.01. The van der Waals surface area contributed by atoms with Crippen LogP contribution in [0.25, 0.3) is 0 Å². The number of piperidine rings is 1. The van der Waals surface area contributed by atoms with Crippen LogP contribution >= 0.6 is 11.6 Å². The molecule has 1 aromatic heterocycles. The van der Waals surface area contributed by atoms with Crippen LogP contribution in [0.3, 0.4) is 0 Å². The molecule has 2 atom stereocenters. The zero-order chi connectivity index (χ0) is 11.5. The highest BCUT2D eigenvalue weighted by atomic mass is 35.5. The monoisotopic (exact) mass is 241 g/mol. The number of aliphatic hydroxyl groups excluding tert-OH is 1. The van der Waals surface area contributed by atoms with Crippen LogP contribution < -0.4 is 0 Å². The molecule has 16 heavy (non-hydrogen) atoms. The Bertz CT molecular complexity index is 344. The van der Waals surface area contributed by atoms with Gasteiger partial charge in [0, 0.05) is 19.6 Å². The first-order valence-electron chi connectivity index (χ1n) is 5.52. The van der Waals surface area contributed by atoms with Gasteiger partial charge in [-0.2, -0.15) is 0 Å². The fraction of sp³-hybridized carbons (Fsp3) is 0.636. The quantitative estimate of drug-likeness (QED) is 0.849. The van der Waals surface area contributed by atoms with E-state index in [-0.39, 0.29) is 6.10 Å². The maximum atomic E-state index is 9.63. The molecule has 2 rings (SSSR count). The molecule has 0 saturated carbocycles. The number of aromatic nitrogens is 2. The summed E-state index contributed by atoms with van der Waals surface area (Å²) in [5.74, 6) is 0.328. The van der Waals surface area contributed by atoms with E-state index in [1.165, 1.54) is 0 Å². The van der Waals surface area contributed by atoms with Gasteiger partial charge in [-0.25, -0.2) is 4.98 Å². The lowest BCUT2D eigenvalue weighted by molar-refractivity contribution is 0.0315. The van der Waals surface area contributed by atoms with Crippen LogP contribution in [0.4, 0.5) is 0 Å². The van der Waals surface area contributed by atoms with Gasteiger partial charge in [0.15, 0.2) is 0 Å². The fourth-order valence-corrected chi connectivity index (χ4v) is 2.11. The number of hydrogen-bond donors (Lipinski definition) is 1. The molecule has 88 valence electrons. The second-order valence-corrected chi connectivity index (χ2v) is 4.79. The molecule has 1 saturated heterocycles. The molecule has 1 aliphatic rings. The minimum absolute atomic E-state index is 0.160. The lowest BCUT2D eigenvalue weighted by atomic mass is 9.97. The number of rotatable bonds is 2. The summed E-state index contributed by atoms with van der Waals surface area (Å²) in [7, 11) is 0. The molecular formula is C11H16ClN3O. The Kier molecular flexibility index (Phi) is 3.74. The molecule has 5 heteroatoms. The highest BCUT2D eigenvalue weighted by Crippen LogP contribution is 2.17. The second-order valence-electron chi connectivity index (χ2n) is 4.40. The Hall–Kier alpha value is -0.710. The molecular weight excluding hydrogens is 226 g/mol. The lowest BCUT2D eigenvalue weighted by Crippen LogP contribution is -2.41. The molecule has 2 heterocycles. The maximum absolute atomic E-state index is 9.63. The first kappa shape index (κ1) is 11.8. The molecule has 0 amide bonds. The van der Waals surface area contributed by atoms with E-state index in [4.69, 9.17) is 11.6 Å². The highest BCUT2D eigenvalue weighted by molar-refractivity contribution is 6.29. The number of nitrogens with zero attached hydrogens (tertiary/aromatic N) is 3. The summed E-state index contributed by atoms with van der Waals surface area (Å²) in [5, 5.41) is 10.0. The summed E-state index contributed by atoms with van der Waals surface area (Å²) in [4.78, 5) is 10.5. The lowest BCUT2D eigenvalue weighted by Gasteiger charge is -2.33. The Balaban J connectivity index is 1.93. The predicted octanol–water partition coefficient (Wildman–Crippen LogP) is 1.33. The van der Waals surface area contributed by atoms with Crippen molar-refractivity contribution in [1.29, 1.82) is 0 Å². The van der Waals surface area contributed by atoms with Gasteiger partial charge < -0.3 is 5.11 Å². The molecule has 1 N–H and O–H groups in total. The van der Waals surface area contributed by atoms with Gasteiger partial charge in [-0.05, 0) is 12.3 Å². The van der Waals surface area contributed by atoms with Gasteiger partial charge in [0.1, 0.15) is 5.15 Å². The van der Waals surface area contributed by atoms with Crippen molar-refractivity contribution in [2.24, 2.45) is 5.92 Å². The smallest absolute Gasteiger partial charge is 0.147 e. The van der Waals surface area contributed by atoms with E-state index in [1.54, 1.807) is 12.4 Å². The topological polar surface area (TPSA) is 49.2 Å². The van der Waals surface area contributed by atoms with E-state index in [0.717, 1.165) is 31.7 Å². The standard InChI is InChI=1S/C11H16ClN3O/c1-8-6-15(3-2-10(8)16)7-9-4-14-11(12)5-13-9/h4-5,8,10,16H,2-3,6-7H2,1H3. The third-order valence-corrected chi connectivity index (χ3v) is 3.20. The Morgan fingerprint density at radius 2 is 2.31 bits per heavy atom. The first-order valence-corrected chi connectivity index (χ1v) is 5.90. The zero-order valence-corrected chi connectivity index (χ0v) is 10.1. The summed E-state index contributed by atoms with van der Waals surface area (Å²) >= 11 is 5.68. The normalized spacial score (nSPS) is 26.9. The molecule has 0 radical (unpaired) electrons. The molecule has 0 bridgehead atoms. The van der Waals surface area contributed by atoms with E-state index in [0.29, 0.717) is 11.1 Å². The largest absolute Gasteiger partial charge is 0.393 e. The number of aliphatic hydroxyl groups is 1. The van der Waals surface area contributed by atoms with E-state index in [2.05, 4.69) is 21.8 Å². The minimum atomic E-state index is -0.160. The second kappa shape index (κ2) is 5.08. The summed E-state index contributed by atoms with van der Waals surface area (Å²) < 4.78 is 0. The summed E-state index contributed by atoms with van der Waals surface area (Å²) in [6.45, 7) is 4.67. The van der Waals surface area contributed by atoms with Gasteiger partial charge in [-0.1, -0.05) is 18.5 Å². The molecule has 0 aromatic carbocycles. The summed E-state index contributed by atoms with van der Waals surface area (Å²) in [5.41, 5.74) is 0.924. The molecule has 1 aliphatic heterocycles. The maximum Gasteiger partial charge on any atom is 0.147 e. The van der Waals surface area contributed by atoms with Gasteiger partial charge >= 0.3 is 0 Å². The third kappa shape index (κ3) is 2.90. The summed E-state index contributed by atoms with van der Waals surface area (Å²) in [6.07, 6.45) is 3.95. The van der Waals surface area contributed by atoms with E-state index in [9.17, 15) is 5.11 Å². The average molecular weight is 242 g/mol. The van der Waals surface area contributed by atoms with Gasteiger partial charge in [0.2, 0.25) is 0 Å². The molecule has 2 unspecified atom stereocenters. The average Bonchev–Trinajstić information content (AvgIpc) is 2.27. The van der Waals surface area contributed by atoms with Crippen LogP contribution in [0.5, 0.6) is 0 Å². The van der Waals surface area contributed by atoms with Crippen molar-refractivity contribution in [2.75, 3.05) is 13.1 Å². The van der Waals surface area contributed by atoms with Crippen molar-refractivity contribution in [3.05, 3.63) is 23.2 Å². The number of hydrogen-bond acceptors (Lipinski definition) is 4. The molecule has 0 aliphatic carbocycles. The van der Waals surface area contributed by atoms with Gasteiger partial charge in [-0.3, -0.25) is 9.88 Å². The van der Waals surface area contributed by atoms with Crippen molar-refractivity contribution in [2.45, 2.75) is 26.0 Å². The predicted molar refractivity (Wildman–Crippen MR) is 62.1 cm³/mol. The van der Waals surface area contributed by atoms with Crippen LogP contribution in [-0.2, 0) is 6.54 Å². The van der Waals surface area contributed by atoms with Crippen molar-refractivity contribution < 1.29 is 5.11 Å². The van der Waals surface area contributed by atoms with Crippen molar-refractivity contribution in [3.63, 3.8) is 0 Å². The van der Waals surface area contributed by atoms with Crippen molar-refractivity contribution in [1.82, 2.24) is 14.9 Å². The van der Waals surface area contributed by atoms with Crippen molar-refractivity contribution in [3.8, 4) is 0 Å². The zero-order valence-electron chi connectivity index (χ0n) is 9.30. The van der Waals surface area contributed by atoms with Crippen LogP contribution in [0.1, 0.15) is 19.0 Å². The van der Waals surface area contributed by atoms with Gasteiger partial charge in [0.05, 0.1) is 24.2 Å². The minimum Gasteiger partial charge on any atom is -0.393 e. The Morgan fingerprint density at radius 1 is 1.50 bits per heavy atom. The number of halogens is 1. The van der Waals surface area contributed by atoms with Gasteiger partial charge in [-0.15, -0.1) is 0 Å². The van der Waals surface area contributed by atoms with E-state index < -0.39 is 0 Å².